The highest BCUT2D eigenvalue weighted by Gasteiger charge is 2.23. The first-order chi connectivity index (χ1) is 13.2. The highest BCUT2D eigenvalue weighted by Crippen LogP contribution is 2.29. The van der Waals surface area contributed by atoms with Gasteiger partial charge in [-0.3, -0.25) is 4.79 Å². The van der Waals surface area contributed by atoms with Gasteiger partial charge in [-0.05, 0) is 55.7 Å². The molecule has 0 N–H and O–H groups in total. The van der Waals surface area contributed by atoms with Crippen LogP contribution in [0.4, 0.5) is 10.3 Å². The summed E-state index contributed by atoms with van der Waals surface area (Å²) in [5, 5.41) is 0.828. The highest BCUT2D eigenvalue weighted by atomic mass is 19.1. The summed E-state index contributed by atoms with van der Waals surface area (Å²) in [7, 11) is 0. The van der Waals surface area contributed by atoms with Crippen LogP contribution in [0.1, 0.15) is 19.3 Å². The van der Waals surface area contributed by atoms with Gasteiger partial charge in [0.1, 0.15) is 16.9 Å². The molecule has 0 amide bonds. The molecule has 2 aromatic carbocycles. The van der Waals surface area contributed by atoms with E-state index in [1.807, 2.05) is 24.3 Å². The molecule has 1 aliphatic rings. The average molecular weight is 363 g/mol. The Kier molecular flexibility index (Phi) is 3.70. The molecule has 0 radical (unpaired) electrons. The lowest BCUT2D eigenvalue weighted by Crippen LogP contribution is -2.35. The van der Waals surface area contributed by atoms with Gasteiger partial charge < -0.3 is 9.32 Å². The molecule has 0 bridgehead atoms. The number of furan rings is 1. The molecule has 4 aromatic rings. The molecule has 0 atom stereocenters. The van der Waals surface area contributed by atoms with E-state index in [4.69, 9.17) is 9.40 Å². The predicted octanol–water partition coefficient (Wildman–Crippen LogP) is 4.26. The van der Waals surface area contributed by atoms with Crippen LogP contribution < -0.4 is 10.5 Å². The lowest BCUT2D eigenvalue weighted by Gasteiger charge is -2.29. The Morgan fingerprint density at radius 1 is 0.963 bits per heavy atom. The smallest absolute Gasteiger partial charge is 0.303 e. The van der Waals surface area contributed by atoms with Crippen LogP contribution in [0.2, 0.25) is 0 Å². The molecule has 27 heavy (non-hydrogen) atoms. The van der Waals surface area contributed by atoms with E-state index in [0.29, 0.717) is 22.7 Å². The Bertz CT molecular complexity index is 1190. The first-order valence-corrected chi connectivity index (χ1v) is 9.17. The topological polar surface area (TPSA) is 51.3 Å². The van der Waals surface area contributed by atoms with E-state index in [1.165, 1.54) is 23.1 Å². The summed E-state index contributed by atoms with van der Waals surface area (Å²) in [4.78, 5) is 20.3. The zero-order valence-electron chi connectivity index (χ0n) is 14.7. The van der Waals surface area contributed by atoms with Gasteiger partial charge in [0.2, 0.25) is 11.5 Å². The van der Waals surface area contributed by atoms with E-state index in [0.717, 1.165) is 31.3 Å². The predicted molar refractivity (Wildman–Crippen MR) is 103 cm³/mol. The number of para-hydroxylation sites is 1. The van der Waals surface area contributed by atoms with E-state index < -0.39 is 0 Å². The van der Waals surface area contributed by atoms with Crippen LogP contribution in [0.25, 0.3) is 27.8 Å². The number of anilines is 1. The van der Waals surface area contributed by atoms with Crippen molar-refractivity contribution in [2.45, 2.75) is 19.3 Å². The summed E-state index contributed by atoms with van der Waals surface area (Å²) in [5.41, 5.74) is 1.74. The van der Waals surface area contributed by atoms with Gasteiger partial charge in [-0.15, -0.1) is 0 Å². The molecule has 136 valence electrons. The van der Waals surface area contributed by atoms with Crippen LogP contribution in [-0.4, -0.2) is 22.6 Å². The van der Waals surface area contributed by atoms with Crippen molar-refractivity contribution >= 4 is 28.0 Å². The normalized spacial score (nSPS) is 14.9. The largest absolute Gasteiger partial charge is 0.448 e. The van der Waals surface area contributed by atoms with Crippen LogP contribution in [-0.2, 0) is 0 Å². The van der Waals surface area contributed by atoms with Crippen LogP contribution in [0, 0.1) is 5.82 Å². The maximum absolute atomic E-state index is 13.4. The standard InChI is InChI=1S/C21H18FN3O2/c22-14-8-10-15(11-9-14)25-20(26)19-18(16-6-2-3-7-17(16)27-19)23-21(25)24-12-4-1-5-13-24/h2-3,6-11H,1,4-5,12-13H2. The van der Waals surface area contributed by atoms with Crippen LogP contribution in [0.5, 0.6) is 0 Å². The summed E-state index contributed by atoms with van der Waals surface area (Å²) < 4.78 is 20.8. The molecule has 1 aliphatic heterocycles. The number of hydrogen-bond acceptors (Lipinski definition) is 4. The van der Waals surface area contributed by atoms with E-state index in [1.54, 1.807) is 12.1 Å². The second kappa shape index (κ2) is 6.23. The monoisotopic (exact) mass is 363 g/mol. The zero-order valence-corrected chi connectivity index (χ0v) is 14.7. The number of nitrogens with zero attached hydrogens (tertiary/aromatic N) is 3. The molecule has 2 aromatic heterocycles. The molecule has 0 aliphatic carbocycles. The second-order valence-electron chi connectivity index (χ2n) is 6.85. The van der Waals surface area contributed by atoms with E-state index in [2.05, 4.69) is 4.90 Å². The van der Waals surface area contributed by atoms with Crippen molar-refractivity contribution in [2.75, 3.05) is 18.0 Å². The third kappa shape index (κ3) is 2.60. The zero-order chi connectivity index (χ0) is 18.4. The quantitative estimate of drug-likeness (QED) is 0.534. The van der Waals surface area contributed by atoms with E-state index in [-0.39, 0.29) is 17.0 Å². The van der Waals surface area contributed by atoms with Crippen LogP contribution in [0.15, 0.2) is 57.7 Å². The number of benzene rings is 2. The molecule has 0 unspecified atom stereocenters. The van der Waals surface area contributed by atoms with Gasteiger partial charge in [0.25, 0.3) is 0 Å². The summed E-state index contributed by atoms with van der Waals surface area (Å²) >= 11 is 0. The molecule has 1 saturated heterocycles. The third-order valence-corrected chi connectivity index (χ3v) is 5.10. The Morgan fingerprint density at radius 2 is 1.70 bits per heavy atom. The summed E-state index contributed by atoms with van der Waals surface area (Å²) in [6.07, 6.45) is 3.29. The molecule has 6 heteroatoms. The fourth-order valence-electron chi connectivity index (χ4n) is 3.76. The minimum Gasteiger partial charge on any atom is -0.448 e. The summed E-state index contributed by atoms with van der Waals surface area (Å²) in [5.74, 6) is 0.245. The number of halogens is 1. The number of piperidine rings is 1. The molecule has 1 fully saturated rings. The van der Waals surface area contributed by atoms with E-state index in [9.17, 15) is 9.18 Å². The van der Waals surface area contributed by atoms with Crippen LogP contribution >= 0.6 is 0 Å². The van der Waals surface area contributed by atoms with Gasteiger partial charge in [0.05, 0.1) is 5.69 Å². The second-order valence-corrected chi connectivity index (χ2v) is 6.85. The summed E-state index contributed by atoms with van der Waals surface area (Å²) in [6.45, 7) is 1.68. The van der Waals surface area contributed by atoms with Gasteiger partial charge in [-0.1, -0.05) is 12.1 Å². The lowest BCUT2D eigenvalue weighted by molar-refractivity contribution is 0.562. The minimum atomic E-state index is -0.343. The van der Waals surface area contributed by atoms with Gasteiger partial charge in [0, 0.05) is 18.5 Å². The molecule has 3 heterocycles. The average Bonchev–Trinajstić information content (AvgIpc) is 3.09. The Morgan fingerprint density at radius 3 is 2.48 bits per heavy atom. The highest BCUT2D eigenvalue weighted by molar-refractivity contribution is 6.02. The maximum Gasteiger partial charge on any atom is 0.303 e. The van der Waals surface area contributed by atoms with Gasteiger partial charge in [-0.2, -0.15) is 0 Å². The van der Waals surface area contributed by atoms with Gasteiger partial charge in [0.15, 0.2) is 0 Å². The van der Waals surface area contributed by atoms with Crippen molar-refractivity contribution in [3.63, 3.8) is 0 Å². The first kappa shape index (κ1) is 16.1. The number of fused-ring (bicyclic) bond motifs is 3. The summed E-state index contributed by atoms with van der Waals surface area (Å²) in [6, 6.07) is 13.4. The van der Waals surface area contributed by atoms with Crippen molar-refractivity contribution in [1.82, 2.24) is 9.55 Å². The number of hydrogen-bond donors (Lipinski definition) is 0. The van der Waals surface area contributed by atoms with Crippen molar-refractivity contribution in [1.29, 1.82) is 0 Å². The third-order valence-electron chi connectivity index (χ3n) is 5.10. The van der Waals surface area contributed by atoms with Crippen LogP contribution in [0.3, 0.4) is 0 Å². The first-order valence-electron chi connectivity index (χ1n) is 9.17. The fraction of sp³-hybridized carbons (Fsp3) is 0.238. The lowest BCUT2D eigenvalue weighted by atomic mass is 10.1. The Hall–Kier alpha value is -3.15. The number of aromatic nitrogens is 2. The van der Waals surface area contributed by atoms with Gasteiger partial charge >= 0.3 is 5.56 Å². The SMILES string of the molecule is O=c1c2oc3ccccc3c2nc(N2CCCCC2)n1-c1ccc(F)cc1. The molecular weight excluding hydrogens is 345 g/mol. The molecule has 5 nitrogen and oxygen atoms in total. The van der Waals surface area contributed by atoms with Crippen molar-refractivity contribution in [3.05, 3.63) is 64.7 Å². The van der Waals surface area contributed by atoms with Gasteiger partial charge in [-0.25, -0.2) is 13.9 Å². The van der Waals surface area contributed by atoms with Crippen molar-refractivity contribution in [3.8, 4) is 5.69 Å². The maximum atomic E-state index is 13.4. The van der Waals surface area contributed by atoms with E-state index >= 15 is 0 Å². The van der Waals surface area contributed by atoms with Crippen molar-refractivity contribution in [2.24, 2.45) is 0 Å². The Labute approximate surface area is 154 Å². The minimum absolute atomic E-state index is 0.223. The number of rotatable bonds is 2. The molecule has 0 saturated carbocycles. The van der Waals surface area contributed by atoms with Crippen molar-refractivity contribution < 1.29 is 8.81 Å². The molecule has 5 rings (SSSR count). The fourth-order valence-corrected chi connectivity index (χ4v) is 3.76. The molecular formula is C21H18FN3O2. The Balaban J connectivity index is 1.84. The molecule has 0 spiro atoms.